The smallest absolute Gasteiger partial charge is 0.345 e. The Hall–Kier alpha value is -3.08. The van der Waals surface area contributed by atoms with Crippen LogP contribution in [0, 0.1) is 0 Å². The highest BCUT2D eigenvalue weighted by molar-refractivity contribution is 7.91. The van der Waals surface area contributed by atoms with Crippen molar-refractivity contribution in [3.05, 3.63) is 41.2 Å². The van der Waals surface area contributed by atoms with Gasteiger partial charge in [-0.25, -0.2) is 18.4 Å². The minimum Gasteiger partial charge on any atom is -0.479 e. The fraction of sp³-hybridized carbons (Fsp3) is 0.545. The van der Waals surface area contributed by atoms with Crippen molar-refractivity contribution >= 4 is 21.4 Å². The van der Waals surface area contributed by atoms with Crippen LogP contribution in [0.25, 0.3) is 5.69 Å². The molecule has 0 aromatic carbocycles. The molecule has 0 bridgehead atoms. The number of rotatable bonds is 12. The highest BCUT2D eigenvalue weighted by atomic mass is 35.5. The van der Waals surface area contributed by atoms with Crippen LogP contribution in [-0.4, -0.2) is 82.4 Å². The summed E-state index contributed by atoms with van der Waals surface area (Å²) < 4.78 is 74.9. The quantitative estimate of drug-likeness (QED) is 0.305. The summed E-state index contributed by atoms with van der Waals surface area (Å²) in [5.41, 5.74) is 0.169. The van der Waals surface area contributed by atoms with Gasteiger partial charge in [-0.1, -0.05) is 11.6 Å². The Bertz CT molecular complexity index is 1370. The van der Waals surface area contributed by atoms with Crippen LogP contribution in [0.1, 0.15) is 49.3 Å². The van der Waals surface area contributed by atoms with Gasteiger partial charge in [-0.05, 0) is 19.8 Å². The van der Waals surface area contributed by atoms with E-state index in [1.807, 2.05) is 0 Å². The number of alkyl halides is 2. The van der Waals surface area contributed by atoms with Crippen LogP contribution >= 0.6 is 11.6 Å². The SMILES string of the molecule is COc1ncnc(OC)c1-n1c(CS(=O)(=O)[C@@H](C)[C@H](OC)c2ncc(Cl)cn2)nnc1C1CC(OC(F)F)C1. The number of methoxy groups -OCH3 is 3. The third-order valence-electron chi connectivity index (χ3n) is 6.35. The molecule has 3 heterocycles. The summed E-state index contributed by atoms with van der Waals surface area (Å²) in [5.74, 6) is -0.360. The molecular formula is C22H26ClF2N7O6S. The second-order valence-corrected chi connectivity index (χ2v) is 11.5. The van der Waals surface area contributed by atoms with Crippen molar-refractivity contribution in [2.75, 3.05) is 21.3 Å². The van der Waals surface area contributed by atoms with E-state index in [9.17, 15) is 17.2 Å². The van der Waals surface area contributed by atoms with E-state index in [0.717, 1.165) is 0 Å². The minimum atomic E-state index is -3.99. The van der Waals surface area contributed by atoms with E-state index in [1.165, 1.54) is 51.5 Å². The van der Waals surface area contributed by atoms with Gasteiger partial charge in [0, 0.05) is 25.4 Å². The summed E-state index contributed by atoms with van der Waals surface area (Å²) in [5, 5.41) is 7.56. The van der Waals surface area contributed by atoms with E-state index in [0.29, 0.717) is 5.82 Å². The van der Waals surface area contributed by atoms with Crippen LogP contribution in [0.4, 0.5) is 8.78 Å². The lowest BCUT2D eigenvalue weighted by Crippen LogP contribution is -2.33. The third-order valence-corrected chi connectivity index (χ3v) is 8.58. The molecule has 0 unspecified atom stereocenters. The van der Waals surface area contributed by atoms with Crippen LogP contribution in [0.2, 0.25) is 5.02 Å². The zero-order chi connectivity index (χ0) is 28.3. The molecule has 2 atom stereocenters. The summed E-state index contributed by atoms with van der Waals surface area (Å²) in [7, 11) is 0.108. The van der Waals surface area contributed by atoms with Crippen LogP contribution in [0.5, 0.6) is 11.8 Å². The van der Waals surface area contributed by atoms with Crippen LogP contribution < -0.4 is 9.47 Å². The molecule has 39 heavy (non-hydrogen) atoms. The van der Waals surface area contributed by atoms with Crippen molar-refractivity contribution in [3.8, 4) is 17.4 Å². The number of nitrogens with zero attached hydrogens (tertiary/aromatic N) is 7. The first-order valence-electron chi connectivity index (χ1n) is 11.6. The van der Waals surface area contributed by atoms with Gasteiger partial charge in [0.1, 0.15) is 24.0 Å². The Morgan fingerprint density at radius 1 is 1.05 bits per heavy atom. The molecule has 0 N–H and O–H groups in total. The molecule has 13 nitrogen and oxygen atoms in total. The average Bonchev–Trinajstić information content (AvgIpc) is 3.28. The Morgan fingerprint density at radius 3 is 2.21 bits per heavy atom. The Kier molecular flexibility index (Phi) is 8.88. The lowest BCUT2D eigenvalue weighted by molar-refractivity contribution is -0.184. The van der Waals surface area contributed by atoms with Gasteiger partial charge in [-0.15, -0.1) is 10.2 Å². The maximum atomic E-state index is 13.6. The number of sulfone groups is 1. The highest BCUT2D eigenvalue weighted by Crippen LogP contribution is 2.42. The van der Waals surface area contributed by atoms with Gasteiger partial charge in [0.25, 0.3) is 0 Å². The van der Waals surface area contributed by atoms with Crippen LogP contribution in [-0.2, 0) is 25.1 Å². The summed E-state index contributed by atoms with van der Waals surface area (Å²) in [6.45, 7) is -1.44. The Morgan fingerprint density at radius 2 is 1.67 bits per heavy atom. The Balaban J connectivity index is 1.73. The molecule has 0 amide bonds. The average molecular weight is 590 g/mol. The summed E-state index contributed by atoms with van der Waals surface area (Å²) in [6, 6.07) is 0. The van der Waals surface area contributed by atoms with Crippen LogP contribution in [0.3, 0.4) is 0 Å². The van der Waals surface area contributed by atoms with Gasteiger partial charge in [-0.3, -0.25) is 4.57 Å². The number of halogens is 3. The van der Waals surface area contributed by atoms with Crippen LogP contribution in [0.15, 0.2) is 18.7 Å². The van der Waals surface area contributed by atoms with Crippen molar-refractivity contribution < 1.29 is 36.1 Å². The van der Waals surface area contributed by atoms with Crippen molar-refractivity contribution in [2.24, 2.45) is 0 Å². The second kappa shape index (κ2) is 12.0. The third kappa shape index (κ3) is 6.08. The van der Waals surface area contributed by atoms with Crippen molar-refractivity contribution in [1.29, 1.82) is 0 Å². The molecule has 0 saturated heterocycles. The van der Waals surface area contributed by atoms with Gasteiger partial charge in [0.2, 0.25) is 11.8 Å². The van der Waals surface area contributed by atoms with Gasteiger partial charge >= 0.3 is 6.61 Å². The fourth-order valence-electron chi connectivity index (χ4n) is 4.28. The first-order chi connectivity index (χ1) is 18.6. The second-order valence-electron chi connectivity index (χ2n) is 8.67. The molecule has 1 fully saturated rings. The zero-order valence-electron chi connectivity index (χ0n) is 21.4. The standard InChI is InChI=1S/C22H26ClF2N7O6S/c1-11(17(35-2)18-26-7-13(23)8-27-18)39(33,34)9-15-30-31-19(12-5-14(6-12)38-22(24)25)32(15)16-20(36-3)28-10-29-21(16)37-4/h7-8,10-12,14,17,22H,5-6,9H2,1-4H3/t11-,12?,14?,17-/m0/s1. The number of hydrogen-bond acceptors (Lipinski definition) is 12. The highest BCUT2D eigenvalue weighted by Gasteiger charge is 2.40. The van der Waals surface area contributed by atoms with Crippen molar-refractivity contribution in [2.45, 2.75) is 55.5 Å². The summed E-state index contributed by atoms with van der Waals surface area (Å²) >= 11 is 5.86. The predicted molar refractivity (Wildman–Crippen MR) is 132 cm³/mol. The monoisotopic (exact) mass is 589 g/mol. The maximum Gasteiger partial charge on any atom is 0.345 e. The molecule has 1 aliphatic carbocycles. The van der Waals surface area contributed by atoms with E-state index < -0.39 is 39.7 Å². The van der Waals surface area contributed by atoms with Gasteiger partial charge in [0.15, 0.2) is 27.2 Å². The maximum absolute atomic E-state index is 13.6. The molecule has 4 rings (SSSR count). The molecule has 3 aromatic rings. The van der Waals surface area contributed by atoms with Gasteiger partial charge in [-0.2, -0.15) is 18.7 Å². The molecule has 0 spiro atoms. The summed E-state index contributed by atoms with van der Waals surface area (Å²) in [4.78, 5) is 16.4. The fourth-order valence-corrected chi connectivity index (χ4v) is 5.79. The van der Waals surface area contributed by atoms with Crippen molar-refractivity contribution in [3.63, 3.8) is 0 Å². The lowest BCUT2D eigenvalue weighted by Gasteiger charge is -2.34. The van der Waals surface area contributed by atoms with E-state index in [-0.39, 0.29) is 52.9 Å². The topological polar surface area (TPSA) is 153 Å². The zero-order valence-corrected chi connectivity index (χ0v) is 22.9. The van der Waals surface area contributed by atoms with E-state index in [1.54, 1.807) is 0 Å². The molecular weight excluding hydrogens is 564 g/mol. The molecule has 0 aliphatic heterocycles. The van der Waals surface area contributed by atoms with Gasteiger partial charge < -0.3 is 18.9 Å². The number of hydrogen-bond donors (Lipinski definition) is 0. The van der Waals surface area contributed by atoms with Crippen molar-refractivity contribution in [1.82, 2.24) is 34.7 Å². The molecule has 0 radical (unpaired) electrons. The molecule has 3 aromatic heterocycles. The molecule has 1 saturated carbocycles. The lowest BCUT2D eigenvalue weighted by atomic mass is 9.81. The Labute approximate surface area is 227 Å². The normalized spacial score (nSPS) is 19.0. The predicted octanol–water partition coefficient (Wildman–Crippen LogP) is 2.69. The molecule has 1 aliphatic rings. The minimum absolute atomic E-state index is 0.00774. The molecule has 212 valence electrons. The first kappa shape index (κ1) is 28.9. The summed E-state index contributed by atoms with van der Waals surface area (Å²) in [6.07, 6.45) is 2.67. The number of aromatic nitrogens is 7. The largest absolute Gasteiger partial charge is 0.479 e. The van der Waals surface area contributed by atoms with Gasteiger partial charge in [0.05, 0.1) is 30.6 Å². The number of ether oxygens (including phenoxy) is 4. The van der Waals surface area contributed by atoms with E-state index >= 15 is 0 Å². The first-order valence-corrected chi connectivity index (χ1v) is 13.7. The molecule has 17 heteroatoms. The van der Waals surface area contributed by atoms with E-state index in [4.69, 9.17) is 25.8 Å². The van der Waals surface area contributed by atoms with E-state index in [2.05, 4.69) is 34.9 Å².